The van der Waals surface area contributed by atoms with Crippen molar-refractivity contribution in [3.05, 3.63) is 25.0 Å². The lowest BCUT2D eigenvalue weighted by Gasteiger charge is -1.89. The first-order valence-electron chi connectivity index (χ1n) is 2.79. The Balaban J connectivity index is 2.90. The van der Waals surface area contributed by atoms with Gasteiger partial charge in [-0.2, -0.15) is 0 Å². The van der Waals surface area contributed by atoms with Crippen LogP contribution in [-0.4, -0.2) is 6.61 Å². The second kappa shape index (κ2) is 6.28. The summed E-state index contributed by atoms with van der Waals surface area (Å²) in [5.41, 5.74) is 0. The van der Waals surface area contributed by atoms with Gasteiger partial charge in [0.1, 0.15) is 6.61 Å². The molecular weight excluding hydrogens is 100 g/mol. The molecule has 0 atom stereocenters. The first-order valence-corrected chi connectivity index (χ1v) is 2.79. The minimum atomic E-state index is 0.650. The van der Waals surface area contributed by atoms with E-state index in [0.717, 1.165) is 6.42 Å². The van der Waals surface area contributed by atoms with E-state index in [-0.39, 0.29) is 0 Å². The SMILES string of the molecule is C=COCC=CCC. The maximum Gasteiger partial charge on any atom is 0.105 e. The zero-order chi connectivity index (χ0) is 6.24. The molecule has 8 heavy (non-hydrogen) atoms. The quantitative estimate of drug-likeness (QED) is 0.307. The van der Waals surface area contributed by atoms with Gasteiger partial charge in [0.15, 0.2) is 0 Å². The van der Waals surface area contributed by atoms with Crippen LogP contribution >= 0.6 is 0 Å². The fraction of sp³-hybridized carbons (Fsp3) is 0.429. The van der Waals surface area contributed by atoms with Crippen LogP contribution in [-0.2, 0) is 4.74 Å². The number of ether oxygens (including phenoxy) is 1. The van der Waals surface area contributed by atoms with E-state index in [1.807, 2.05) is 6.08 Å². The van der Waals surface area contributed by atoms with Crippen LogP contribution in [0.2, 0.25) is 0 Å². The van der Waals surface area contributed by atoms with Crippen LogP contribution < -0.4 is 0 Å². The molecule has 0 bridgehead atoms. The van der Waals surface area contributed by atoms with Gasteiger partial charge in [0.2, 0.25) is 0 Å². The van der Waals surface area contributed by atoms with Crippen molar-refractivity contribution in [1.82, 2.24) is 0 Å². The van der Waals surface area contributed by atoms with E-state index in [1.54, 1.807) is 0 Å². The van der Waals surface area contributed by atoms with Gasteiger partial charge in [-0.3, -0.25) is 0 Å². The van der Waals surface area contributed by atoms with E-state index in [4.69, 9.17) is 4.74 Å². The van der Waals surface area contributed by atoms with Gasteiger partial charge in [0, 0.05) is 0 Å². The van der Waals surface area contributed by atoms with Crippen molar-refractivity contribution in [2.75, 3.05) is 6.61 Å². The molecule has 0 rings (SSSR count). The van der Waals surface area contributed by atoms with Crippen molar-refractivity contribution in [3.63, 3.8) is 0 Å². The maximum absolute atomic E-state index is 4.81. The molecule has 0 aliphatic carbocycles. The van der Waals surface area contributed by atoms with E-state index in [2.05, 4.69) is 19.6 Å². The molecule has 0 spiro atoms. The maximum atomic E-state index is 4.81. The largest absolute Gasteiger partial charge is 0.498 e. The minimum Gasteiger partial charge on any atom is -0.498 e. The van der Waals surface area contributed by atoms with Crippen molar-refractivity contribution >= 4 is 0 Å². The third-order valence-corrected chi connectivity index (χ3v) is 0.713. The highest BCUT2D eigenvalue weighted by molar-refractivity contribution is 4.80. The molecule has 0 N–H and O–H groups in total. The summed E-state index contributed by atoms with van der Waals surface area (Å²) in [4.78, 5) is 0. The van der Waals surface area contributed by atoms with Crippen LogP contribution in [0.4, 0.5) is 0 Å². The Morgan fingerprint density at radius 1 is 1.50 bits per heavy atom. The van der Waals surface area contributed by atoms with Crippen molar-refractivity contribution in [2.24, 2.45) is 0 Å². The topological polar surface area (TPSA) is 9.23 Å². The first kappa shape index (κ1) is 7.28. The number of hydrogen-bond acceptors (Lipinski definition) is 1. The molecule has 0 aliphatic rings. The van der Waals surface area contributed by atoms with Crippen LogP contribution in [0.5, 0.6) is 0 Å². The Bertz CT molecular complexity index is 74.5. The Labute approximate surface area is 50.7 Å². The highest BCUT2D eigenvalue weighted by Crippen LogP contribution is 1.80. The van der Waals surface area contributed by atoms with Gasteiger partial charge in [0.05, 0.1) is 6.26 Å². The summed E-state index contributed by atoms with van der Waals surface area (Å²) in [5, 5.41) is 0. The van der Waals surface area contributed by atoms with Gasteiger partial charge in [-0.05, 0) is 6.42 Å². The Morgan fingerprint density at radius 2 is 2.25 bits per heavy atom. The summed E-state index contributed by atoms with van der Waals surface area (Å²) in [6.45, 7) is 6.14. The van der Waals surface area contributed by atoms with E-state index >= 15 is 0 Å². The standard InChI is InChI=1S/C7H12O/c1-3-5-6-7-8-4-2/h4-6H,2-3,7H2,1H3. The van der Waals surface area contributed by atoms with Gasteiger partial charge in [0.25, 0.3) is 0 Å². The third-order valence-electron chi connectivity index (χ3n) is 0.713. The van der Waals surface area contributed by atoms with E-state index in [9.17, 15) is 0 Å². The van der Waals surface area contributed by atoms with Crippen molar-refractivity contribution < 1.29 is 4.74 Å². The minimum absolute atomic E-state index is 0.650. The monoisotopic (exact) mass is 112 g/mol. The second-order valence-electron chi connectivity index (χ2n) is 1.38. The molecule has 0 unspecified atom stereocenters. The number of allylic oxidation sites excluding steroid dienone is 1. The molecule has 1 heteroatoms. The molecule has 0 radical (unpaired) electrons. The molecule has 0 saturated carbocycles. The molecule has 0 aromatic heterocycles. The van der Waals surface area contributed by atoms with Crippen LogP contribution in [0, 0.1) is 0 Å². The number of hydrogen-bond donors (Lipinski definition) is 0. The van der Waals surface area contributed by atoms with Gasteiger partial charge in [-0.1, -0.05) is 25.7 Å². The molecule has 0 aromatic rings. The summed E-state index contributed by atoms with van der Waals surface area (Å²) < 4.78 is 4.81. The van der Waals surface area contributed by atoms with Crippen LogP contribution in [0.15, 0.2) is 25.0 Å². The predicted molar refractivity (Wildman–Crippen MR) is 35.6 cm³/mol. The van der Waals surface area contributed by atoms with Gasteiger partial charge >= 0.3 is 0 Å². The van der Waals surface area contributed by atoms with Gasteiger partial charge < -0.3 is 4.74 Å². The molecule has 0 aromatic carbocycles. The molecule has 0 saturated heterocycles. The molecule has 1 nitrogen and oxygen atoms in total. The molecule has 46 valence electrons. The summed E-state index contributed by atoms with van der Waals surface area (Å²) in [6, 6.07) is 0. The second-order valence-corrected chi connectivity index (χ2v) is 1.38. The summed E-state index contributed by atoms with van der Waals surface area (Å²) in [7, 11) is 0. The lowest BCUT2D eigenvalue weighted by atomic mass is 10.4. The van der Waals surface area contributed by atoms with Crippen molar-refractivity contribution in [2.45, 2.75) is 13.3 Å². The lowest BCUT2D eigenvalue weighted by Crippen LogP contribution is -1.77. The summed E-state index contributed by atoms with van der Waals surface area (Å²) in [6.07, 6.45) is 6.55. The zero-order valence-electron chi connectivity index (χ0n) is 5.26. The van der Waals surface area contributed by atoms with Crippen LogP contribution in [0.1, 0.15) is 13.3 Å². The molecule has 0 aliphatic heterocycles. The zero-order valence-corrected chi connectivity index (χ0v) is 5.26. The smallest absolute Gasteiger partial charge is 0.105 e. The molecule has 0 heterocycles. The average Bonchev–Trinajstić information content (AvgIpc) is 1.81. The third kappa shape index (κ3) is 5.28. The number of rotatable bonds is 4. The van der Waals surface area contributed by atoms with Gasteiger partial charge in [-0.15, -0.1) is 0 Å². The Kier molecular flexibility index (Phi) is 5.71. The van der Waals surface area contributed by atoms with E-state index in [0.29, 0.717) is 6.61 Å². The van der Waals surface area contributed by atoms with E-state index < -0.39 is 0 Å². The highest BCUT2D eigenvalue weighted by atomic mass is 16.5. The van der Waals surface area contributed by atoms with Crippen molar-refractivity contribution in [1.29, 1.82) is 0 Å². The first-order chi connectivity index (χ1) is 3.91. The van der Waals surface area contributed by atoms with Crippen LogP contribution in [0.25, 0.3) is 0 Å². The summed E-state index contributed by atoms with van der Waals surface area (Å²) in [5.74, 6) is 0. The summed E-state index contributed by atoms with van der Waals surface area (Å²) >= 11 is 0. The van der Waals surface area contributed by atoms with Gasteiger partial charge in [-0.25, -0.2) is 0 Å². The normalized spacial score (nSPS) is 9.62. The molecule has 0 amide bonds. The van der Waals surface area contributed by atoms with E-state index in [1.165, 1.54) is 6.26 Å². The molecular formula is C7H12O. The van der Waals surface area contributed by atoms with Crippen LogP contribution in [0.3, 0.4) is 0 Å². The fourth-order valence-corrected chi connectivity index (χ4v) is 0.358. The Hall–Kier alpha value is -0.720. The fourth-order valence-electron chi connectivity index (χ4n) is 0.358. The Morgan fingerprint density at radius 3 is 2.75 bits per heavy atom. The predicted octanol–water partition coefficient (Wildman–Crippen LogP) is 2.11. The lowest BCUT2D eigenvalue weighted by molar-refractivity contribution is 0.291. The highest BCUT2D eigenvalue weighted by Gasteiger charge is 1.68. The van der Waals surface area contributed by atoms with Crippen molar-refractivity contribution in [3.8, 4) is 0 Å². The molecule has 0 fully saturated rings. The average molecular weight is 112 g/mol.